The van der Waals surface area contributed by atoms with Gasteiger partial charge in [-0.2, -0.15) is 14.8 Å². The van der Waals surface area contributed by atoms with Crippen molar-refractivity contribution in [2.45, 2.75) is 115 Å². The molecule has 0 saturated carbocycles. The predicted molar refractivity (Wildman–Crippen MR) is 265 cm³/mol. The van der Waals surface area contributed by atoms with Gasteiger partial charge in [-0.3, -0.25) is 14.3 Å². The van der Waals surface area contributed by atoms with E-state index in [4.69, 9.17) is 32.9 Å². The van der Waals surface area contributed by atoms with E-state index in [-0.39, 0.29) is 53.4 Å². The van der Waals surface area contributed by atoms with Crippen LogP contribution < -0.4 is 15.0 Å². The first-order valence-corrected chi connectivity index (χ1v) is 27.3. The summed E-state index contributed by atoms with van der Waals surface area (Å²) in [5.74, 6) is 1.43. The fourth-order valence-electron chi connectivity index (χ4n) is 8.38. The summed E-state index contributed by atoms with van der Waals surface area (Å²) in [6.45, 7) is 18.7. The molecule has 0 aliphatic carbocycles. The molecule has 18 heteroatoms. The predicted octanol–water partition coefficient (Wildman–Crippen LogP) is 8.83. The molecule has 1 unspecified atom stereocenters. The number of aromatic nitrogens is 4. The molecule has 2 N–H and O–H groups in total. The SMILES string of the molecule is COc1ccc(C(OC[C@H]2O[C@@H](n3cnc4c(=O)[nH]c(N=CN(C)C)nc43)[C@H](O[Si](C)(C)C(C)(C)C)[C@@H]2O[P+](O)(CCC#N)N(C(C)C)C(C)C)(c2ccccc2)c2ccc(OC)cc2)cc1. The molecule has 0 spiro atoms. The zero-order valence-corrected chi connectivity index (χ0v) is 43.0. The van der Waals surface area contributed by atoms with E-state index < -0.39 is 51.9 Å². The third-order valence-electron chi connectivity index (χ3n) is 12.5. The number of ether oxygens (including phenoxy) is 4. The van der Waals surface area contributed by atoms with Gasteiger partial charge in [0.2, 0.25) is 5.95 Å². The standard InChI is InChI=1S/C49H67N8O8PSi/c1-33(2)57(34(3)4)66(59,29-17-28-50)64-42-40(30-62-49(35-18-15-14-16-19-35,36-20-24-38(60-10)25-21-36)37-22-26-39(61-11)27-23-37)63-46(43(42)65-67(12,13)48(5,6)7)56-32-51-41-44(56)53-47(54-45(41)58)52-31-55(8)9/h14-16,18-27,31-34,40,42-43,46,59H,17,29-30H2,1-13H3/p+1/t40-,42-,43-,46-,66?/m1/s1. The Balaban J connectivity index is 1.61. The van der Waals surface area contributed by atoms with Crippen LogP contribution in [0, 0.1) is 11.3 Å². The fourth-order valence-corrected chi connectivity index (χ4v) is 12.6. The van der Waals surface area contributed by atoms with Crippen molar-refractivity contribution in [3.63, 3.8) is 0 Å². The highest BCUT2D eigenvalue weighted by Crippen LogP contribution is 2.64. The molecule has 1 aliphatic heterocycles. The number of rotatable bonds is 20. The number of nitriles is 1. The fraction of sp³-hybridized carbons (Fsp3) is 0.490. The molecular formula is C49H68N8O8PSi+. The van der Waals surface area contributed by atoms with E-state index in [9.17, 15) is 14.9 Å². The molecule has 5 atom stereocenters. The molecule has 67 heavy (non-hydrogen) atoms. The molecule has 3 heterocycles. The number of fused-ring (bicyclic) bond motifs is 1. The maximum atomic E-state index is 13.6. The van der Waals surface area contributed by atoms with Crippen molar-refractivity contribution in [1.29, 1.82) is 5.26 Å². The maximum absolute atomic E-state index is 13.6. The number of nitrogens with zero attached hydrogens (tertiary/aromatic N) is 7. The lowest BCUT2D eigenvalue weighted by molar-refractivity contribution is -0.0928. The molecule has 3 aromatic carbocycles. The van der Waals surface area contributed by atoms with Gasteiger partial charge in [0.05, 0.1) is 46.0 Å². The summed E-state index contributed by atoms with van der Waals surface area (Å²) >= 11 is 0. The number of H-pyrrole nitrogens is 1. The number of imidazole rings is 1. The quantitative estimate of drug-likeness (QED) is 0.0249. The van der Waals surface area contributed by atoms with E-state index in [0.29, 0.717) is 11.5 Å². The largest absolute Gasteiger partial charge is 0.497 e. The molecule has 0 amide bonds. The Kier molecular flexibility index (Phi) is 16.2. The smallest absolute Gasteiger partial charge is 0.347 e. The summed E-state index contributed by atoms with van der Waals surface area (Å²) in [6, 6.07) is 27.4. The summed E-state index contributed by atoms with van der Waals surface area (Å²) in [5.41, 5.74) is 1.04. The van der Waals surface area contributed by atoms with Crippen LogP contribution in [0.4, 0.5) is 5.95 Å². The van der Waals surface area contributed by atoms with Gasteiger partial charge in [0.25, 0.3) is 5.56 Å². The number of nitrogens with one attached hydrogen (secondary N) is 1. The number of benzene rings is 3. The van der Waals surface area contributed by atoms with Crippen LogP contribution in [0.2, 0.25) is 18.1 Å². The normalized spacial score (nSPS) is 19.1. The first-order valence-electron chi connectivity index (χ1n) is 22.6. The Morgan fingerprint density at radius 1 is 0.940 bits per heavy atom. The first-order chi connectivity index (χ1) is 31.7. The molecule has 6 rings (SSSR count). The zero-order valence-electron chi connectivity index (χ0n) is 41.1. The highest BCUT2D eigenvalue weighted by atomic mass is 31.2. The van der Waals surface area contributed by atoms with Gasteiger partial charge >= 0.3 is 7.87 Å². The second-order valence-corrected chi connectivity index (χ2v) is 26.3. The average molecular weight is 956 g/mol. The van der Waals surface area contributed by atoms with Crippen LogP contribution in [0.3, 0.4) is 0 Å². The van der Waals surface area contributed by atoms with Gasteiger partial charge in [0.15, 0.2) is 31.8 Å². The summed E-state index contributed by atoms with van der Waals surface area (Å²) in [5, 5.41) is 9.71. The minimum absolute atomic E-state index is 0.0489. The van der Waals surface area contributed by atoms with Gasteiger partial charge in [0, 0.05) is 26.2 Å². The number of hydrogen-bond acceptors (Lipinski definition) is 13. The Morgan fingerprint density at radius 2 is 1.51 bits per heavy atom. The highest BCUT2D eigenvalue weighted by Gasteiger charge is 2.60. The van der Waals surface area contributed by atoms with Crippen molar-refractivity contribution >= 4 is 39.6 Å². The molecule has 360 valence electrons. The number of aliphatic imine (C=N–C) groups is 1. The van der Waals surface area contributed by atoms with Gasteiger partial charge < -0.3 is 28.3 Å². The van der Waals surface area contributed by atoms with Crippen LogP contribution in [-0.4, -0.2) is 120 Å². The van der Waals surface area contributed by atoms with Gasteiger partial charge in [-0.25, -0.2) is 14.9 Å². The molecule has 5 aromatic rings. The lowest BCUT2D eigenvalue weighted by Crippen LogP contribution is -2.51. The third kappa shape index (κ3) is 11.0. The minimum Gasteiger partial charge on any atom is -0.497 e. The number of aromatic amines is 1. The van der Waals surface area contributed by atoms with Gasteiger partial charge in [-0.1, -0.05) is 75.4 Å². The molecule has 0 radical (unpaired) electrons. The van der Waals surface area contributed by atoms with E-state index in [1.54, 1.807) is 30.0 Å². The minimum atomic E-state index is -3.62. The van der Waals surface area contributed by atoms with E-state index in [1.807, 2.05) is 125 Å². The summed E-state index contributed by atoms with van der Waals surface area (Å²) in [6.07, 6.45) is -0.650. The number of methoxy groups -OCH3 is 2. The topological polar surface area (TPSA) is 182 Å². The molecule has 1 saturated heterocycles. The lowest BCUT2D eigenvalue weighted by atomic mass is 9.80. The van der Waals surface area contributed by atoms with E-state index in [2.05, 4.69) is 54.9 Å². The second kappa shape index (κ2) is 21.1. The van der Waals surface area contributed by atoms with Crippen molar-refractivity contribution in [1.82, 2.24) is 29.1 Å². The van der Waals surface area contributed by atoms with Crippen LogP contribution in [-0.2, 0) is 24.0 Å². The van der Waals surface area contributed by atoms with Crippen LogP contribution in [0.15, 0.2) is 95.0 Å². The Bertz CT molecular complexity index is 2490. The van der Waals surface area contributed by atoms with E-state index >= 15 is 0 Å². The Morgan fingerprint density at radius 3 is 2.01 bits per heavy atom. The highest BCUT2D eigenvalue weighted by molar-refractivity contribution is 7.63. The van der Waals surface area contributed by atoms with Crippen LogP contribution in [0.5, 0.6) is 11.5 Å². The third-order valence-corrected chi connectivity index (χ3v) is 20.0. The summed E-state index contributed by atoms with van der Waals surface area (Å²) < 4.78 is 44.4. The van der Waals surface area contributed by atoms with Crippen molar-refractivity contribution in [2.24, 2.45) is 4.99 Å². The maximum Gasteiger partial charge on any atom is 0.347 e. The zero-order chi connectivity index (χ0) is 48.9. The van der Waals surface area contributed by atoms with Crippen LogP contribution in [0.25, 0.3) is 11.2 Å². The molecule has 16 nitrogen and oxygen atoms in total. The molecule has 2 aromatic heterocycles. The van der Waals surface area contributed by atoms with Crippen LogP contribution >= 0.6 is 7.87 Å². The molecule has 1 aliphatic rings. The Hall–Kier alpha value is -5.02. The van der Waals surface area contributed by atoms with Crippen molar-refractivity contribution in [3.05, 3.63) is 112 Å². The van der Waals surface area contributed by atoms with Crippen LogP contribution in [0.1, 0.15) is 77.8 Å². The molecular weight excluding hydrogens is 888 g/mol. The first kappa shape index (κ1) is 51.4. The summed E-state index contributed by atoms with van der Waals surface area (Å²) in [7, 11) is 0.545. The Labute approximate surface area is 396 Å². The molecule has 0 bridgehead atoms. The summed E-state index contributed by atoms with van der Waals surface area (Å²) in [4.78, 5) is 44.9. The van der Waals surface area contributed by atoms with Gasteiger partial charge in [-0.05, 0) is 86.8 Å². The van der Waals surface area contributed by atoms with Crippen molar-refractivity contribution < 1.29 is 32.8 Å². The van der Waals surface area contributed by atoms with E-state index in [0.717, 1.165) is 16.7 Å². The monoisotopic (exact) mass is 955 g/mol. The second-order valence-electron chi connectivity index (χ2n) is 19.1. The van der Waals surface area contributed by atoms with Gasteiger partial charge in [-0.15, -0.1) is 4.67 Å². The average Bonchev–Trinajstić information content (AvgIpc) is 3.85. The number of hydrogen-bond donors (Lipinski definition) is 2. The van der Waals surface area contributed by atoms with Gasteiger partial charge in [0.1, 0.15) is 35.5 Å². The van der Waals surface area contributed by atoms with Crippen molar-refractivity contribution in [3.8, 4) is 17.6 Å². The van der Waals surface area contributed by atoms with Crippen molar-refractivity contribution in [2.75, 3.05) is 41.1 Å². The lowest BCUT2D eigenvalue weighted by Gasteiger charge is -2.42. The van der Waals surface area contributed by atoms with E-state index in [1.165, 1.54) is 6.33 Å². The molecule has 1 fully saturated rings.